The largest absolute Gasteiger partial charge is 0.497 e. The van der Waals surface area contributed by atoms with Crippen molar-refractivity contribution < 1.29 is 9.53 Å². The second-order valence-corrected chi connectivity index (χ2v) is 7.07. The van der Waals surface area contributed by atoms with Crippen LogP contribution in [0.4, 0.5) is 5.82 Å². The molecular formula is C17H17N3O3S2. The summed E-state index contributed by atoms with van der Waals surface area (Å²) in [4.78, 5) is 28.9. The van der Waals surface area contributed by atoms with Crippen molar-refractivity contribution in [1.82, 2.24) is 9.13 Å². The van der Waals surface area contributed by atoms with Crippen LogP contribution in [-0.2, 0) is 20.5 Å². The van der Waals surface area contributed by atoms with Crippen LogP contribution in [0.5, 0.6) is 5.75 Å². The van der Waals surface area contributed by atoms with Crippen LogP contribution >= 0.6 is 24.0 Å². The summed E-state index contributed by atoms with van der Waals surface area (Å²) in [5.41, 5.74) is 1.29. The Hall–Kier alpha value is -2.19. The number of hydrogen-bond donors (Lipinski definition) is 0. The maximum absolute atomic E-state index is 12.3. The van der Waals surface area contributed by atoms with Gasteiger partial charge in [-0.15, -0.1) is 11.8 Å². The molecule has 0 fully saturated rings. The van der Waals surface area contributed by atoms with Gasteiger partial charge in [0.05, 0.1) is 17.9 Å². The minimum Gasteiger partial charge on any atom is -0.497 e. The van der Waals surface area contributed by atoms with Crippen LogP contribution in [0.3, 0.4) is 0 Å². The summed E-state index contributed by atoms with van der Waals surface area (Å²) in [5.74, 6) is 1.61. The lowest BCUT2D eigenvalue weighted by atomic mass is 10.1. The van der Waals surface area contributed by atoms with E-state index >= 15 is 0 Å². The summed E-state index contributed by atoms with van der Waals surface area (Å²) in [7, 11) is 4.92. The van der Waals surface area contributed by atoms with Crippen LogP contribution < -0.4 is 10.4 Å². The van der Waals surface area contributed by atoms with Crippen LogP contribution in [0.1, 0.15) is 15.9 Å². The van der Waals surface area contributed by atoms with E-state index in [9.17, 15) is 9.59 Å². The maximum Gasteiger partial charge on any atom is 0.330 e. The second-order valence-electron chi connectivity index (χ2n) is 5.63. The summed E-state index contributed by atoms with van der Waals surface area (Å²) in [6.07, 6.45) is 0.552. The van der Waals surface area contributed by atoms with Crippen molar-refractivity contribution in [2.75, 3.05) is 12.9 Å². The standard InChI is InChI=1S/C17H17N3O3S2/c1-19-15-12(16(24)20(2)17(19)22)8-14(18-15)25-9-13(21)10-4-6-11(23-3)7-5-10/h4-7H,8-9H2,1-3H3. The quantitative estimate of drug-likeness (QED) is 0.607. The van der Waals surface area contributed by atoms with Crippen LogP contribution in [0.15, 0.2) is 34.1 Å². The molecule has 6 nitrogen and oxygen atoms in total. The highest BCUT2D eigenvalue weighted by molar-refractivity contribution is 8.14. The van der Waals surface area contributed by atoms with Crippen molar-refractivity contribution in [3.05, 3.63) is 50.5 Å². The zero-order valence-electron chi connectivity index (χ0n) is 14.1. The molecule has 1 aromatic carbocycles. The molecule has 1 aliphatic heterocycles. The number of ether oxygens (including phenoxy) is 1. The summed E-state index contributed by atoms with van der Waals surface area (Å²) < 4.78 is 8.53. The number of hydrogen-bond acceptors (Lipinski definition) is 6. The number of methoxy groups -OCH3 is 1. The van der Waals surface area contributed by atoms with Crippen molar-refractivity contribution in [2.24, 2.45) is 19.1 Å². The Morgan fingerprint density at radius 1 is 1.28 bits per heavy atom. The molecular weight excluding hydrogens is 358 g/mol. The fourth-order valence-corrected chi connectivity index (χ4v) is 3.70. The van der Waals surface area contributed by atoms with Gasteiger partial charge in [-0.25, -0.2) is 9.79 Å². The number of nitrogens with zero attached hydrogens (tertiary/aromatic N) is 3. The lowest BCUT2D eigenvalue weighted by Crippen LogP contribution is -2.28. The van der Waals surface area contributed by atoms with Gasteiger partial charge in [-0.2, -0.15) is 0 Å². The molecule has 0 unspecified atom stereocenters. The van der Waals surface area contributed by atoms with Crippen molar-refractivity contribution in [3.8, 4) is 5.75 Å². The number of aromatic nitrogens is 2. The van der Waals surface area contributed by atoms with E-state index in [2.05, 4.69) is 4.99 Å². The van der Waals surface area contributed by atoms with Crippen LogP contribution in [0, 0.1) is 4.64 Å². The van der Waals surface area contributed by atoms with Gasteiger partial charge in [0.1, 0.15) is 16.2 Å². The third kappa shape index (κ3) is 3.32. The Labute approximate surface area is 154 Å². The number of thioether (sulfide) groups is 1. The van der Waals surface area contributed by atoms with Gasteiger partial charge in [-0.05, 0) is 24.3 Å². The Morgan fingerprint density at radius 3 is 2.60 bits per heavy atom. The molecule has 0 N–H and O–H groups in total. The lowest BCUT2D eigenvalue weighted by Gasteiger charge is -2.07. The Kier molecular flexibility index (Phi) is 4.91. The summed E-state index contributed by atoms with van der Waals surface area (Å²) in [6, 6.07) is 7.02. The summed E-state index contributed by atoms with van der Waals surface area (Å²) in [6.45, 7) is 0. The predicted molar refractivity (Wildman–Crippen MR) is 102 cm³/mol. The van der Waals surface area contributed by atoms with Crippen molar-refractivity contribution in [1.29, 1.82) is 0 Å². The van der Waals surface area contributed by atoms with Gasteiger partial charge >= 0.3 is 5.69 Å². The van der Waals surface area contributed by atoms with E-state index in [1.807, 2.05) is 0 Å². The topological polar surface area (TPSA) is 65.6 Å². The normalized spacial score (nSPS) is 12.7. The summed E-state index contributed by atoms with van der Waals surface area (Å²) in [5, 5.41) is 0.796. The fraction of sp³-hybridized carbons (Fsp3) is 0.294. The highest BCUT2D eigenvalue weighted by atomic mass is 32.2. The lowest BCUT2D eigenvalue weighted by molar-refractivity contribution is 0.102. The molecule has 0 bridgehead atoms. The van der Waals surface area contributed by atoms with E-state index in [1.54, 1.807) is 45.5 Å². The number of Topliss-reactive ketones (excluding diaryl/α,β-unsaturated/α-hetero) is 1. The van der Waals surface area contributed by atoms with E-state index < -0.39 is 0 Å². The Balaban J connectivity index is 1.73. The molecule has 2 heterocycles. The van der Waals surface area contributed by atoms with Crippen molar-refractivity contribution in [2.45, 2.75) is 6.42 Å². The number of benzene rings is 1. The Morgan fingerprint density at radius 2 is 1.96 bits per heavy atom. The van der Waals surface area contributed by atoms with Gasteiger partial charge in [0.15, 0.2) is 5.78 Å². The molecule has 25 heavy (non-hydrogen) atoms. The van der Waals surface area contributed by atoms with Gasteiger partial charge in [0.2, 0.25) is 0 Å². The van der Waals surface area contributed by atoms with Gasteiger partial charge < -0.3 is 4.74 Å². The SMILES string of the molecule is COc1ccc(C(=O)CSC2=Nc3c(c(=S)n(C)c(=O)n3C)C2)cc1. The zero-order chi connectivity index (χ0) is 18.1. The van der Waals surface area contributed by atoms with Gasteiger partial charge in [0, 0.05) is 31.6 Å². The first-order valence-electron chi connectivity index (χ1n) is 7.59. The first kappa shape index (κ1) is 17.6. The second kappa shape index (κ2) is 6.97. The maximum atomic E-state index is 12.3. The van der Waals surface area contributed by atoms with Crippen molar-refractivity contribution >= 4 is 40.6 Å². The fourth-order valence-electron chi connectivity index (χ4n) is 2.60. The number of rotatable bonds is 4. The zero-order valence-corrected chi connectivity index (χ0v) is 15.7. The van der Waals surface area contributed by atoms with E-state index in [4.69, 9.17) is 17.0 Å². The third-order valence-electron chi connectivity index (χ3n) is 4.06. The van der Waals surface area contributed by atoms with E-state index in [-0.39, 0.29) is 17.2 Å². The van der Waals surface area contributed by atoms with Crippen LogP contribution in [0.25, 0.3) is 0 Å². The highest BCUT2D eigenvalue weighted by Gasteiger charge is 2.22. The number of aliphatic imine (C=N–C) groups is 1. The van der Waals surface area contributed by atoms with Gasteiger partial charge in [0.25, 0.3) is 0 Å². The van der Waals surface area contributed by atoms with Crippen LogP contribution in [-0.4, -0.2) is 32.8 Å². The van der Waals surface area contributed by atoms with E-state index in [0.29, 0.717) is 28.2 Å². The third-order valence-corrected chi connectivity index (χ3v) is 5.56. The Bertz CT molecular complexity index is 988. The molecule has 8 heteroatoms. The average molecular weight is 375 g/mol. The molecule has 3 rings (SSSR count). The molecule has 0 atom stereocenters. The van der Waals surface area contributed by atoms with Crippen molar-refractivity contribution in [3.63, 3.8) is 0 Å². The number of ketones is 1. The molecule has 0 amide bonds. The molecule has 1 aliphatic rings. The molecule has 0 saturated carbocycles. The summed E-state index contributed by atoms with van der Waals surface area (Å²) >= 11 is 6.73. The molecule has 0 spiro atoms. The smallest absolute Gasteiger partial charge is 0.330 e. The van der Waals surface area contributed by atoms with E-state index in [0.717, 1.165) is 10.6 Å². The van der Waals surface area contributed by atoms with E-state index in [1.165, 1.54) is 20.9 Å². The first-order valence-corrected chi connectivity index (χ1v) is 8.98. The number of carbonyl (C=O) groups excluding carboxylic acids is 1. The minimum absolute atomic E-state index is 0.0179. The van der Waals surface area contributed by atoms with Crippen LogP contribution in [0.2, 0.25) is 0 Å². The molecule has 130 valence electrons. The number of carbonyl (C=O) groups is 1. The molecule has 1 aromatic heterocycles. The average Bonchev–Trinajstić information content (AvgIpc) is 3.07. The molecule has 0 aliphatic carbocycles. The molecule has 0 saturated heterocycles. The minimum atomic E-state index is -0.201. The molecule has 2 aromatic rings. The molecule has 0 radical (unpaired) electrons. The van der Waals surface area contributed by atoms with Gasteiger partial charge in [-0.3, -0.25) is 13.9 Å². The van der Waals surface area contributed by atoms with Gasteiger partial charge in [-0.1, -0.05) is 12.2 Å². The monoisotopic (exact) mass is 375 g/mol. The first-order chi connectivity index (χ1) is 11.9. The predicted octanol–water partition coefficient (Wildman–Crippen LogP) is 2.66. The number of fused-ring (bicyclic) bond motifs is 1. The highest BCUT2D eigenvalue weighted by Crippen LogP contribution is 2.29.